The fourth-order valence-electron chi connectivity index (χ4n) is 3.33. The molecule has 0 fully saturated rings. The molecule has 0 bridgehead atoms. The van der Waals surface area contributed by atoms with E-state index in [1.807, 2.05) is 66.7 Å². The zero-order valence-corrected chi connectivity index (χ0v) is 19.8. The maximum absolute atomic E-state index is 5.89. The number of hydrogen-bond acceptors (Lipinski definition) is 3. The summed E-state index contributed by atoms with van der Waals surface area (Å²) in [7, 11) is 0. The van der Waals surface area contributed by atoms with E-state index in [9.17, 15) is 0 Å². The Bertz CT molecular complexity index is 1210. The molecule has 7 heteroatoms. The molecule has 1 heterocycles. The first kappa shape index (κ1) is 22.0. The largest absolute Gasteiger partial charge is 0.492 e. The third-order valence-corrected chi connectivity index (χ3v) is 5.66. The van der Waals surface area contributed by atoms with Crippen LogP contribution >= 0.6 is 28.1 Å². The van der Waals surface area contributed by atoms with E-state index in [1.165, 1.54) is 0 Å². The van der Waals surface area contributed by atoms with E-state index >= 15 is 0 Å². The Labute approximate surface area is 201 Å². The van der Waals surface area contributed by atoms with Gasteiger partial charge in [0.05, 0.1) is 12.8 Å². The molecular weight excluding hydrogens is 484 g/mol. The number of nitrogens with zero attached hydrogens (tertiary/aromatic N) is 2. The molecule has 162 valence electrons. The van der Waals surface area contributed by atoms with Gasteiger partial charge < -0.3 is 14.6 Å². The van der Waals surface area contributed by atoms with Gasteiger partial charge in [-0.25, -0.2) is 0 Å². The highest BCUT2D eigenvalue weighted by molar-refractivity contribution is 9.10. The van der Waals surface area contributed by atoms with Crippen molar-refractivity contribution in [2.75, 3.05) is 6.61 Å². The molecule has 3 aromatic carbocycles. The Morgan fingerprint density at radius 2 is 1.75 bits per heavy atom. The second-order valence-electron chi connectivity index (χ2n) is 7.14. The minimum absolute atomic E-state index is 0.483. The van der Waals surface area contributed by atoms with Crippen LogP contribution in [0.1, 0.15) is 11.1 Å². The quantitative estimate of drug-likeness (QED) is 0.188. The van der Waals surface area contributed by atoms with Crippen LogP contribution in [0.5, 0.6) is 5.75 Å². The highest BCUT2D eigenvalue weighted by atomic mass is 79.9. The average molecular weight is 507 g/mol. The van der Waals surface area contributed by atoms with Crippen molar-refractivity contribution in [3.63, 3.8) is 0 Å². The van der Waals surface area contributed by atoms with Crippen molar-refractivity contribution in [1.29, 1.82) is 0 Å². The Kier molecular flexibility index (Phi) is 7.53. The number of hydrazone groups is 1. The molecule has 32 heavy (non-hydrogen) atoms. The van der Waals surface area contributed by atoms with Gasteiger partial charge in [0.25, 0.3) is 0 Å². The normalized spacial score (nSPS) is 11.0. The van der Waals surface area contributed by atoms with Gasteiger partial charge >= 0.3 is 0 Å². The van der Waals surface area contributed by atoms with E-state index in [-0.39, 0.29) is 0 Å². The summed E-state index contributed by atoms with van der Waals surface area (Å²) in [6.45, 7) is 1.96. The lowest BCUT2D eigenvalue weighted by Crippen LogP contribution is -2.31. The van der Waals surface area contributed by atoms with Gasteiger partial charge in [0.2, 0.25) is 0 Å². The van der Waals surface area contributed by atoms with Gasteiger partial charge in [0.1, 0.15) is 12.4 Å². The molecule has 0 radical (unpaired) electrons. The molecule has 0 amide bonds. The second-order valence-corrected chi connectivity index (χ2v) is 8.46. The Balaban J connectivity index is 1.36. The molecule has 2 N–H and O–H groups in total. The van der Waals surface area contributed by atoms with Crippen LogP contribution in [0.25, 0.3) is 10.9 Å². The van der Waals surface area contributed by atoms with Crippen LogP contribution in [0.2, 0.25) is 0 Å². The first-order valence-corrected chi connectivity index (χ1v) is 11.5. The molecule has 0 spiro atoms. The van der Waals surface area contributed by atoms with E-state index < -0.39 is 0 Å². The molecule has 0 saturated heterocycles. The van der Waals surface area contributed by atoms with Gasteiger partial charge in [-0.05, 0) is 48.1 Å². The Morgan fingerprint density at radius 1 is 1.00 bits per heavy atom. The SMILES string of the molecule is S=C(NCc1ccccc1)N/N=C/c1cn(CCOc2ccc(Br)cc2)c2ccccc12. The number of halogens is 1. The number of ether oxygens (including phenoxy) is 1. The second kappa shape index (κ2) is 10.9. The molecule has 0 aliphatic heterocycles. The standard InChI is InChI=1S/C25H23BrN4OS/c26-21-10-12-22(13-11-21)31-15-14-30-18-20(23-8-4-5-9-24(23)30)17-28-29-25(32)27-16-19-6-2-1-3-7-19/h1-13,17-18H,14-16H2,(H2,27,29,32)/b28-17+. The molecular formula is C25H23BrN4OS. The van der Waals surface area contributed by atoms with Crippen molar-refractivity contribution in [1.82, 2.24) is 15.3 Å². The molecule has 4 rings (SSSR count). The van der Waals surface area contributed by atoms with E-state index in [1.54, 1.807) is 6.21 Å². The fourth-order valence-corrected chi connectivity index (χ4v) is 3.72. The molecule has 1 aromatic heterocycles. The molecule has 0 aliphatic carbocycles. The maximum Gasteiger partial charge on any atom is 0.187 e. The topological polar surface area (TPSA) is 50.6 Å². The van der Waals surface area contributed by atoms with Crippen molar-refractivity contribution in [2.45, 2.75) is 13.1 Å². The zero-order chi connectivity index (χ0) is 22.2. The molecule has 0 atom stereocenters. The highest BCUT2D eigenvalue weighted by Gasteiger charge is 2.07. The lowest BCUT2D eigenvalue weighted by molar-refractivity contribution is 0.300. The van der Waals surface area contributed by atoms with Crippen molar-refractivity contribution in [2.24, 2.45) is 5.10 Å². The van der Waals surface area contributed by atoms with Crippen LogP contribution in [0, 0.1) is 0 Å². The summed E-state index contributed by atoms with van der Waals surface area (Å²) in [6, 6.07) is 26.2. The predicted octanol–water partition coefficient (Wildman–Crippen LogP) is 5.48. The summed E-state index contributed by atoms with van der Waals surface area (Å²) in [5, 5.41) is 9.09. The summed E-state index contributed by atoms with van der Waals surface area (Å²) in [5.74, 6) is 0.854. The lowest BCUT2D eigenvalue weighted by atomic mass is 10.2. The Morgan fingerprint density at radius 3 is 2.56 bits per heavy atom. The van der Waals surface area contributed by atoms with Crippen LogP contribution in [-0.4, -0.2) is 22.5 Å². The van der Waals surface area contributed by atoms with Crippen LogP contribution in [0.4, 0.5) is 0 Å². The molecule has 0 unspecified atom stereocenters. The van der Waals surface area contributed by atoms with E-state index in [0.717, 1.165) is 38.8 Å². The number of fused-ring (bicyclic) bond motifs is 1. The van der Waals surface area contributed by atoms with Crippen molar-refractivity contribution < 1.29 is 4.74 Å². The monoisotopic (exact) mass is 506 g/mol. The van der Waals surface area contributed by atoms with Crippen LogP contribution in [0.15, 0.2) is 94.6 Å². The van der Waals surface area contributed by atoms with E-state index in [2.05, 4.69) is 54.7 Å². The first-order chi connectivity index (χ1) is 15.7. The van der Waals surface area contributed by atoms with E-state index in [0.29, 0.717) is 18.3 Å². The smallest absolute Gasteiger partial charge is 0.187 e. The molecule has 4 aromatic rings. The van der Waals surface area contributed by atoms with Gasteiger partial charge in [-0.1, -0.05) is 64.5 Å². The summed E-state index contributed by atoms with van der Waals surface area (Å²) in [6.07, 6.45) is 3.88. The van der Waals surface area contributed by atoms with Gasteiger partial charge in [-0.2, -0.15) is 5.10 Å². The Hall–Kier alpha value is -3.16. The van der Waals surface area contributed by atoms with Crippen LogP contribution < -0.4 is 15.5 Å². The summed E-state index contributed by atoms with van der Waals surface area (Å²) in [5.41, 5.74) is 6.21. The molecule has 5 nitrogen and oxygen atoms in total. The minimum Gasteiger partial charge on any atom is -0.492 e. The highest BCUT2D eigenvalue weighted by Crippen LogP contribution is 2.20. The van der Waals surface area contributed by atoms with Crippen LogP contribution in [-0.2, 0) is 13.1 Å². The number of hydrogen-bond donors (Lipinski definition) is 2. The summed E-state index contributed by atoms with van der Waals surface area (Å²) < 4.78 is 9.10. The number of aromatic nitrogens is 1. The van der Waals surface area contributed by atoms with Crippen molar-refractivity contribution in [3.8, 4) is 5.75 Å². The predicted molar refractivity (Wildman–Crippen MR) is 138 cm³/mol. The van der Waals surface area contributed by atoms with Gasteiger partial charge in [-0.3, -0.25) is 5.43 Å². The van der Waals surface area contributed by atoms with Gasteiger partial charge in [-0.15, -0.1) is 0 Å². The number of para-hydroxylation sites is 1. The zero-order valence-electron chi connectivity index (χ0n) is 17.4. The average Bonchev–Trinajstić information content (AvgIpc) is 3.17. The van der Waals surface area contributed by atoms with Gasteiger partial charge in [0.15, 0.2) is 5.11 Å². The third kappa shape index (κ3) is 5.96. The van der Waals surface area contributed by atoms with E-state index in [4.69, 9.17) is 17.0 Å². The number of nitrogens with one attached hydrogen (secondary N) is 2. The van der Waals surface area contributed by atoms with Crippen LogP contribution in [0.3, 0.4) is 0 Å². The summed E-state index contributed by atoms with van der Waals surface area (Å²) >= 11 is 8.76. The molecule has 0 aliphatic rings. The first-order valence-electron chi connectivity index (χ1n) is 10.3. The lowest BCUT2D eigenvalue weighted by Gasteiger charge is -2.08. The van der Waals surface area contributed by atoms with Crippen molar-refractivity contribution >= 4 is 50.4 Å². The number of rotatable bonds is 8. The number of thiocarbonyl (C=S) groups is 1. The number of benzene rings is 3. The minimum atomic E-state index is 0.483. The maximum atomic E-state index is 5.89. The molecule has 0 saturated carbocycles. The van der Waals surface area contributed by atoms with Crippen molar-refractivity contribution in [3.05, 3.63) is 101 Å². The van der Waals surface area contributed by atoms with Gasteiger partial charge in [0, 0.05) is 33.7 Å². The third-order valence-electron chi connectivity index (χ3n) is 4.90. The summed E-state index contributed by atoms with van der Waals surface area (Å²) in [4.78, 5) is 0. The fraction of sp³-hybridized carbons (Fsp3) is 0.120.